The highest BCUT2D eigenvalue weighted by molar-refractivity contribution is 5.86. The molecule has 0 spiro atoms. The first kappa shape index (κ1) is 13.0. The van der Waals surface area contributed by atoms with Gasteiger partial charge >= 0.3 is 0 Å². The molecule has 1 unspecified atom stereocenters. The zero-order chi connectivity index (χ0) is 13.0. The molecule has 0 saturated carbocycles. The Labute approximate surface area is 106 Å². The van der Waals surface area contributed by atoms with E-state index < -0.39 is 5.82 Å². The molecule has 0 aromatic heterocycles. The summed E-state index contributed by atoms with van der Waals surface area (Å²) in [4.78, 5) is 12.0. The van der Waals surface area contributed by atoms with Crippen molar-refractivity contribution >= 4 is 5.78 Å². The molecule has 4 heteroatoms. The van der Waals surface area contributed by atoms with Crippen LogP contribution in [0.25, 0.3) is 0 Å². The van der Waals surface area contributed by atoms with Gasteiger partial charge in [-0.05, 0) is 31.0 Å². The molecule has 1 aliphatic rings. The highest BCUT2D eigenvalue weighted by Gasteiger charge is 2.22. The number of ether oxygens (including phenoxy) is 1. The molecule has 3 nitrogen and oxygen atoms in total. The SMILES string of the molecule is COc1cccc(CC(=O)C2CCCCN2)c1F. The summed E-state index contributed by atoms with van der Waals surface area (Å²) in [6.07, 6.45) is 3.15. The summed E-state index contributed by atoms with van der Waals surface area (Å²) < 4.78 is 18.8. The minimum atomic E-state index is -0.427. The van der Waals surface area contributed by atoms with Crippen LogP contribution in [0, 0.1) is 5.82 Å². The lowest BCUT2D eigenvalue weighted by Crippen LogP contribution is -2.41. The first-order chi connectivity index (χ1) is 8.72. The third-order valence-corrected chi connectivity index (χ3v) is 3.33. The standard InChI is InChI=1S/C14H18FNO2/c1-18-13-7-4-5-10(14(13)15)9-12(17)11-6-2-3-8-16-11/h4-5,7,11,16H,2-3,6,8-9H2,1H3. The van der Waals surface area contributed by atoms with Gasteiger partial charge in [0, 0.05) is 6.42 Å². The number of hydrogen-bond acceptors (Lipinski definition) is 3. The fourth-order valence-corrected chi connectivity index (χ4v) is 2.29. The number of Topliss-reactive ketones (excluding diaryl/α,β-unsaturated/α-hetero) is 1. The second kappa shape index (κ2) is 5.96. The van der Waals surface area contributed by atoms with Crippen LogP contribution in [-0.4, -0.2) is 25.5 Å². The molecule has 98 valence electrons. The van der Waals surface area contributed by atoms with Gasteiger partial charge in [-0.1, -0.05) is 18.6 Å². The molecule has 0 radical (unpaired) electrons. The third-order valence-electron chi connectivity index (χ3n) is 3.33. The van der Waals surface area contributed by atoms with Crippen molar-refractivity contribution in [1.29, 1.82) is 0 Å². The van der Waals surface area contributed by atoms with E-state index >= 15 is 0 Å². The van der Waals surface area contributed by atoms with Gasteiger partial charge < -0.3 is 10.1 Å². The van der Waals surface area contributed by atoms with E-state index in [1.165, 1.54) is 7.11 Å². The number of rotatable bonds is 4. The molecule has 1 aromatic rings. The molecule has 0 bridgehead atoms. The summed E-state index contributed by atoms with van der Waals surface area (Å²) in [6, 6.07) is 4.78. The maximum atomic E-state index is 13.9. The van der Waals surface area contributed by atoms with Crippen LogP contribution in [0.1, 0.15) is 24.8 Å². The van der Waals surface area contributed by atoms with Gasteiger partial charge in [0.25, 0.3) is 0 Å². The molecule has 1 fully saturated rings. The fourth-order valence-electron chi connectivity index (χ4n) is 2.29. The summed E-state index contributed by atoms with van der Waals surface area (Å²) in [5.41, 5.74) is 0.409. The Morgan fingerprint density at radius 1 is 1.50 bits per heavy atom. The highest BCUT2D eigenvalue weighted by Crippen LogP contribution is 2.21. The maximum absolute atomic E-state index is 13.9. The van der Waals surface area contributed by atoms with Gasteiger partial charge in [-0.25, -0.2) is 4.39 Å². The van der Waals surface area contributed by atoms with Crippen molar-refractivity contribution in [3.63, 3.8) is 0 Å². The minimum absolute atomic E-state index is 0.0573. The molecule has 1 heterocycles. The van der Waals surface area contributed by atoms with Crippen molar-refractivity contribution in [1.82, 2.24) is 5.32 Å². The van der Waals surface area contributed by atoms with E-state index in [1.54, 1.807) is 18.2 Å². The van der Waals surface area contributed by atoms with Crippen LogP contribution in [0.4, 0.5) is 4.39 Å². The molecule has 2 rings (SSSR count). The van der Waals surface area contributed by atoms with Gasteiger partial charge in [0.05, 0.1) is 13.2 Å². The van der Waals surface area contributed by atoms with Gasteiger partial charge in [-0.3, -0.25) is 4.79 Å². The van der Waals surface area contributed by atoms with E-state index in [0.29, 0.717) is 5.56 Å². The van der Waals surface area contributed by atoms with Crippen LogP contribution >= 0.6 is 0 Å². The summed E-state index contributed by atoms with van der Waals surface area (Å²) in [5, 5.41) is 3.18. The number of hydrogen-bond donors (Lipinski definition) is 1. The number of ketones is 1. The number of halogens is 1. The zero-order valence-corrected chi connectivity index (χ0v) is 10.5. The van der Waals surface area contributed by atoms with Gasteiger partial charge in [0.1, 0.15) is 0 Å². The molecule has 0 amide bonds. The Balaban J connectivity index is 2.06. The van der Waals surface area contributed by atoms with E-state index in [1.807, 2.05) is 0 Å². The number of carbonyl (C=O) groups is 1. The van der Waals surface area contributed by atoms with Crippen LogP contribution in [-0.2, 0) is 11.2 Å². The molecule has 0 aliphatic carbocycles. The molecule has 1 aromatic carbocycles. The smallest absolute Gasteiger partial charge is 0.168 e. The van der Waals surface area contributed by atoms with E-state index in [2.05, 4.69) is 5.32 Å². The topological polar surface area (TPSA) is 38.3 Å². The van der Waals surface area contributed by atoms with Crippen LogP contribution in [0.5, 0.6) is 5.75 Å². The van der Waals surface area contributed by atoms with Crippen molar-refractivity contribution in [3.05, 3.63) is 29.6 Å². The predicted molar refractivity (Wildman–Crippen MR) is 67.3 cm³/mol. The van der Waals surface area contributed by atoms with Gasteiger partial charge in [-0.2, -0.15) is 0 Å². The second-order valence-electron chi connectivity index (χ2n) is 4.58. The highest BCUT2D eigenvalue weighted by atomic mass is 19.1. The Kier molecular flexibility index (Phi) is 4.31. The molecule has 1 aliphatic heterocycles. The number of nitrogens with one attached hydrogen (secondary N) is 1. The molecule has 18 heavy (non-hydrogen) atoms. The Bertz CT molecular complexity index is 428. The van der Waals surface area contributed by atoms with Gasteiger partial charge in [-0.15, -0.1) is 0 Å². The van der Waals surface area contributed by atoms with Crippen LogP contribution in [0.2, 0.25) is 0 Å². The van der Waals surface area contributed by atoms with E-state index in [9.17, 15) is 9.18 Å². The Hall–Kier alpha value is -1.42. The molecule has 1 N–H and O–H groups in total. The fraction of sp³-hybridized carbons (Fsp3) is 0.500. The van der Waals surface area contributed by atoms with Crippen molar-refractivity contribution in [2.75, 3.05) is 13.7 Å². The normalized spacial score (nSPS) is 19.6. The number of carbonyl (C=O) groups excluding carboxylic acids is 1. The van der Waals surface area contributed by atoms with Crippen molar-refractivity contribution in [2.24, 2.45) is 0 Å². The zero-order valence-electron chi connectivity index (χ0n) is 10.5. The van der Waals surface area contributed by atoms with Crippen molar-refractivity contribution < 1.29 is 13.9 Å². The summed E-state index contributed by atoms with van der Waals surface area (Å²) in [6.45, 7) is 0.872. The lowest BCUT2D eigenvalue weighted by molar-refractivity contribution is -0.121. The first-order valence-electron chi connectivity index (χ1n) is 6.30. The Morgan fingerprint density at radius 2 is 2.33 bits per heavy atom. The lowest BCUT2D eigenvalue weighted by atomic mass is 9.96. The average Bonchev–Trinajstić information content (AvgIpc) is 2.42. The Morgan fingerprint density at radius 3 is 3.00 bits per heavy atom. The van der Waals surface area contributed by atoms with Crippen LogP contribution in [0.15, 0.2) is 18.2 Å². The van der Waals surface area contributed by atoms with Crippen LogP contribution in [0.3, 0.4) is 0 Å². The van der Waals surface area contributed by atoms with E-state index in [4.69, 9.17) is 4.74 Å². The maximum Gasteiger partial charge on any atom is 0.168 e. The molecular weight excluding hydrogens is 233 g/mol. The number of benzene rings is 1. The summed E-state index contributed by atoms with van der Waals surface area (Å²) in [7, 11) is 1.42. The molecule has 1 atom stereocenters. The third kappa shape index (κ3) is 2.88. The first-order valence-corrected chi connectivity index (χ1v) is 6.30. The minimum Gasteiger partial charge on any atom is -0.494 e. The number of methoxy groups -OCH3 is 1. The average molecular weight is 251 g/mol. The quantitative estimate of drug-likeness (QED) is 0.890. The van der Waals surface area contributed by atoms with Crippen LogP contribution < -0.4 is 10.1 Å². The number of piperidine rings is 1. The lowest BCUT2D eigenvalue weighted by Gasteiger charge is -2.22. The monoisotopic (exact) mass is 251 g/mol. The van der Waals surface area contributed by atoms with Crippen molar-refractivity contribution in [2.45, 2.75) is 31.7 Å². The van der Waals surface area contributed by atoms with Crippen molar-refractivity contribution in [3.8, 4) is 5.75 Å². The van der Waals surface area contributed by atoms with Gasteiger partial charge in [0.2, 0.25) is 0 Å². The largest absolute Gasteiger partial charge is 0.494 e. The molecule has 1 saturated heterocycles. The molecular formula is C14H18FNO2. The van der Waals surface area contributed by atoms with Gasteiger partial charge in [0.15, 0.2) is 17.3 Å². The predicted octanol–water partition coefficient (Wildman–Crippen LogP) is 2.09. The van der Waals surface area contributed by atoms with E-state index in [0.717, 1.165) is 25.8 Å². The van der Waals surface area contributed by atoms with E-state index in [-0.39, 0.29) is 24.0 Å². The summed E-state index contributed by atoms with van der Waals surface area (Å²) in [5.74, 6) is -0.178. The summed E-state index contributed by atoms with van der Waals surface area (Å²) >= 11 is 0. The second-order valence-corrected chi connectivity index (χ2v) is 4.58.